The average Bonchev–Trinajstić information content (AvgIpc) is 2.99. The maximum absolute atomic E-state index is 15.3. The number of nitrogens with one attached hydrogen (secondary N) is 1. The normalized spacial score (nSPS) is 17.3. The Morgan fingerprint density at radius 1 is 1.20 bits per heavy atom. The van der Waals surface area contributed by atoms with E-state index in [4.69, 9.17) is 9.47 Å². The van der Waals surface area contributed by atoms with Crippen molar-refractivity contribution in [2.45, 2.75) is 51.4 Å². The second-order valence-corrected chi connectivity index (χ2v) is 11.2. The number of aromatic nitrogens is 2. The van der Waals surface area contributed by atoms with E-state index in [1.54, 1.807) is 26.1 Å². The van der Waals surface area contributed by atoms with Crippen molar-refractivity contribution in [3.8, 4) is 16.9 Å². The third-order valence-corrected chi connectivity index (χ3v) is 8.13. The number of hydrogen-bond donors (Lipinski definition) is 2. The fourth-order valence-corrected chi connectivity index (χ4v) is 5.86. The number of alkyl halides is 3. The van der Waals surface area contributed by atoms with Gasteiger partial charge in [0.25, 0.3) is 11.5 Å². The minimum absolute atomic E-state index is 0.0179. The van der Waals surface area contributed by atoms with Gasteiger partial charge >= 0.3 is 12.1 Å². The van der Waals surface area contributed by atoms with Gasteiger partial charge < -0.3 is 29.4 Å². The number of carboxylic acids is 1. The highest BCUT2D eigenvalue weighted by atomic mass is 19.4. The van der Waals surface area contributed by atoms with Crippen LogP contribution in [0.2, 0.25) is 0 Å². The number of rotatable bonds is 7. The third kappa shape index (κ3) is 6.37. The topological polar surface area (TPSA) is 123 Å². The summed E-state index contributed by atoms with van der Waals surface area (Å²) in [5.41, 5.74) is 1.90. The standard InChI is InChI=1S/C31H32F4N4O6/c1-16-11-19(39-8-10-44-14-24(39)31(33,34)35)13-22(32)25(16)28(40)37-23(30(42)43)12-18-6-7-21(27-20(18)5-4-9-45-27)26-17(2)36-15-38(3)29(26)41/h6-7,11,13,15,23-24H,4-5,8-10,12,14H2,1-3H3,(H,37,40)(H,42,43)/t23-,24+/m0/s1. The van der Waals surface area contributed by atoms with E-state index in [1.165, 1.54) is 23.9 Å². The molecule has 3 heterocycles. The first kappa shape index (κ1) is 31.9. The Morgan fingerprint density at radius 3 is 2.64 bits per heavy atom. The van der Waals surface area contributed by atoms with Crippen molar-refractivity contribution in [2.24, 2.45) is 7.05 Å². The van der Waals surface area contributed by atoms with Gasteiger partial charge in [0, 0.05) is 31.3 Å². The molecule has 3 aromatic rings. The average molecular weight is 633 g/mol. The second-order valence-electron chi connectivity index (χ2n) is 11.2. The summed E-state index contributed by atoms with van der Waals surface area (Å²) in [5.74, 6) is -3.02. The molecule has 14 heteroatoms. The molecule has 0 saturated carbocycles. The first-order valence-electron chi connectivity index (χ1n) is 14.3. The molecule has 0 spiro atoms. The molecule has 2 aliphatic rings. The first-order valence-corrected chi connectivity index (χ1v) is 14.3. The molecule has 2 N–H and O–H groups in total. The zero-order valence-electron chi connectivity index (χ0n) is 24.8. The van der Waals surface area contributed by atoms with Gasteiger partial charge in [-0.05, 0) is 55.5 Å². The van der Waals surface area contributed by atoms with E-state index in [0.29, 0.717) is 53.1 Å². The van der Waals surface area contributed by atoms with Crippen molar-refractivity contribution in [3.63, 3.8) is 0 Å². The highest BCUT2D eigenvalue weighted by Gasteiger charge is 2.45. The van der Waals surface area contributed by atoms with Crippen LogP contribution in [0, 0.1) is 19.7 Å². The van der Waals surface area contributed by atoms with Crippen LogP contribution in [0.1, 0.15) is 39.2 Å². The number of fused-ring (bicyclic) bond motifs is 1. The largest absolute Gasteiger partial charge is 0.493 e. The van der Waals surface area contributed by atoms with Crippen molar-refractivity contribution in [3.05, 3.63) is 74.7 Å². The van der Waals surface area contributed by atoms with Crippen molar-refractivity contribution in [1.82, 2.24) is 14.9 Å². The van der Waals surface area contributed by atoms with Gasteiger partial charge in [-0.2, -0.15) is 13.2 Å². The van der Waals surface area contributed by atoms with E-state index >= 15 is 4.39 Å². The minimum atomic E-state index is -4.62. The number of aryl methyl sites for hydroxylation is 3. The van der Waals surface area contributed by atoms with Crippen molar-refractivity contribution in [1.29, 1.82) is 0 Å². The van der Waals surface area contributed by atoms with Crippen LogP contribution in [0.4, 0.5) is 23.2 Å². The summed E-state index contributed by atoms with van der Waals surface area (Å²) in [5, 5.41) is 12.4. The summed E-state index contributed by atoms with van der Waals surface area (Å²) in [7, 11) is 1.58. The number of benzene rings is 2. The third-order valence-electron chi connectivity index (χ3n) is 8.13. The molecule has 2 atom stereocenters. The number of aliphatic carboxylic acids is 1. The molecule has 240 valence electrons. The molecule has 0 radical (unpaired) electrons. The summed E-state index contributed by atoms with van der Waals surface area (Å²) in [6.45, 7) is 2.75. The van der Waals surface area contributed by atoms with Gasteiger partial charge in [0.2, 0.25) is 0 Å². The van der Waals surface area contributed by atoms with E-state index in [-0.39, 0.29) is 36.4 Å². The Balaban J connectivity index is 1.42. The number of ether oxygens (including phenoxy) is 2. The predicted octanol–water partition coefficient (Wildman–Crippen LogP) is 3.72. The van der Waals surface area contributed by atoms with E-state index in [1.807, 2.05) is 0 Å². The van der Waals surface area contributed by atoms with Crippen LogP contribution in [-0.4, -0.2) is 71.2 Å². The van der Waals surface area contributed by atoms with E-state index in [2.05, 4.69) is 10.3 Å². The molecule has 1 amide bonds. The Morgan fingerprint density at radius 2 is 1.96 bits per heavy atom. The Bertz CT molecular complexity index is 1680. The van der Waals surface area contributed by atoms with Gasteiger partial charge in [-0.1, -0.05) is 12.1 Å². The molecule has 0 aliphatic carbocycles. The smallest absolute Gasteiger partial charge is 0.411 e. The number of halogens is 4. The first-order chi connectivity index (χ1) is 21.3. The number of anilines is 1. The van der Waals surface area contributed by atoms with Gasteiger partial charge in [0.15, 0.2) is 0 Å². The van der Waals surface area contributed by atoms with Gasteiger partial charge in [-0.15, -0.1) is 0 Å². The number of carboxylic acid groups (broad SMARTS) is 1. The number of amides is 1. The zero-order valence-corrected chi connectivity index (χ0v) is 24.8. The predicted molar refractivity (Wildman–Crippen MR) is 155 cm³/mol. The van der Waals surface area contributed by atoms with Crippen molar-refractivity contribution >= 4 is 17.6 Å². The molecule has 2 aliphatic heterocycles. The van der Waals surface area contributed by atoms with Crippen LogP contribution in [0.5, 0.6) is 5.75 Å². The molecule has 1 aromatic heterocycles. The summed E-state index contributed by atoms with van der Waals surface area (Å²) in [6, 6.07) is 2.00. The van der Waals surface area contributed by atoms with Gasteiger partial charge in [-0.25, -0.2) is 14.2 Å². The van der Waals surface area contributed by atoms with Crippen LogP contribution < -0.4 is 20.5 Å². The molecule has 0 bridgehead atoms. The molecule has 0 unspecified atom stereocenters. The Kier molecular flexibility index (Phi) is 8.88. The fourth-order valence-electron chi connectivity index (χ4n) is 5.86. The summed E-state index contributed by atoms with van der Waals surface area (Å²) in [4.78, 5) is 43.8. The lowest BCUT2D eigenvalue weighted by molar-refractivity contribution is -0.167. The molecule has 10 nitrogen and oxygen atoms in total. The van der Waals surface area contributed by atoms with E-state index in [9.17, 15) is 32.7 Å². The van der Waals surface area contributed by atoms with Gasteiger partial charge in [0.1, 0.15) is 23.7 Å². The highest BCUT2D eigenvalue weighted by molar-refractivity contribution is 5.98. The lowest BCUT2D eigenvalue weighted by Gasteiger charge is -2.38. The van der Waals surface area contributed by atoms with Crippen LogP contribution in [0.15, 0.2) is 35.4 Å². The number of nitrogens with zero attached hydrogens (tertiary/aromatic N) is 3. The maximum atomic E-state index is 15.3. The molecular formula is C31H32F4N4O6. The molecule has 1 saturated heterocycles. The summed E-state index contributed by atoms with van der Waals surface area (Å²) in [6.07, 6.45) is -2.19. The molecule has 45 heavy (non-hydrogen) atoms. The van der Waals surface area contributed by atoms with Crippen LogP contribution >= 0.6 is 0 Å². The number of hydrogen-bond acceptors (Lipinski definition) is 7. The molecule has 1 fully saturated rings. The van der Waals surface area contributed by atoms with Crippen LogP contribution in [0.3, 0.4) is 0 Å². The lowest BCUT2D eigenvalue weighted by Crippen LogP contribution is -2.53. The second kappa shape index (κ2) is 12.5. The lowest BCUT2D eigenvalue weighted by atomic mass is 9.90. The van der Waals surface area contributed by atoms with E-state index in [0.717, 1.165) is 11.0 Å². The summed E-state index contributed by atoms with van der Waals surface area (Å²) < 4.78 is 68.4. The van der Waals surface area contributed by atoms with Crippen molar-refractivity contribution in [2.75, 3.05) is 31.3 Å². The van der Waals surface area contributed by atoms with Crippen molar-refractivity contribution < 1.29 is 41.7 Å². The SMILES string of the molecule is Cc1cc(N2CCOC[C@@H]2C(F)(F)F)cc(F)c1C(=O)N[C@@H](Cc1ccc(-c2c(C)ncn(C)c2=O)c2c1CCCO2)C(=O)O. The van der Waals surface area contributed by atoms with Crippen LogP contribution in [0.25, 0.3) is 11.1 Å². The molecule has 2 aromatic carbocycles. The molecular weight excluding hydrogens is 600 g/mol. The fraction of sp³-hybridized carbons (Fsp3) is 0.419. The number of carbonyl (C=O) groups is 2. The highest BCUT2D eigenvalue weighted by Crippen LogP contribution is 2.38. The van der Waals surface area contributed by atoms with Gasteiger partial charge in [-0.3, -0.25) is 9.59 Å². The van der Waals surface area contributed by atoms with Crippen LogP contribution in [-0.2, 0) is 29.4 Å². The number of morpholine rings is 1. The molecule has 5 rings (SSSR count). The monoisotopic (exact) mass is 632 g/mol. The number of carbonyl (C=O) groups excluding carboxylic acids is 1. The Labute approximate surface area is 255 Å². The zero-order chi connectivity index (χ0) is 32.6. The van der Waals surface area contributed by atoms with Gasteiger partial charge in [0.05, 0.1) is 43.0 Å². The van der Waals surface area contributed by atoms with E-state index < -0.39 is 48.1 Å². The maximum Gasteiger partial charge on any atom is 0.411 e. The summed E-state index contributed by atoms with van der Waals surface area (Å²) >= 11 is 0. The Hall–Kier alpha value is -4.46. The minimum Gasteiger partial charge on any atom is -0.493 e. The quantitative estimate of drug-likeness (QED) is 0.378.